The third-order valence-electron chi connectivity index (χ3n) is 3.28. The Morgan fingerprint density at radius 3 is 2.80 bits per heavy atom. The van der Waals surface area contributed by atoms with E-state index in [1.807, 2.05) is 0 Å². The first kappa shape index (κ1) is 9.09. The first-order chi connectivity index (χ1) is 7.36. The van der Waals surface area contributed by atoms with Gasteiger partial charge in [-0.05, 0) is 19.4 Å². The fraction of sp³-hybridized carbons (Fsp3) is 0.636. The van der Waals surface area contributed by atoms with Crippen LogP contribution in [0.15, 0.2) is 12.4 Å². The summed E-state index contributed by atoms with van der Waals surface area (Å²) < 4.78 is 0. The number of hydrogen-bond donors (Lipinski definition) is 1. The van der Waals surface area contributed by atoms with Gasteiger partial charge in [-0.2, -0.15) is 0 Å². The second-order valence-corrected chi connectivity index (χ2v) is 4.58. The Hall–Kier alpha value is -1.16. The molecule has 1 aromatic rings. The Morgan fingerprint density at radius 2 is 2.13 bits per heavy atom. The van der Waals surface area contributed by atoms with Gasteiger partial charge in [-0.15, -0.1) is 0 Å². The van der Waals surface area contributed by atoms with Gasteiger partial charge in [0.25, 0.3) is 0 Å². The van der Waals surface area contributed by atoms with Crippen LogP contribution in [0.25, 0.3) is 0 Å². The fourth-order valence-electron chi connectivity index (χ4n) is 2.04. The van der Waals surface area contributed by atoms with E-state index in [-0.39, 0.29) is 0 Å². The van der Waals surface area contributed by atoms with Crippen molar-refractivity contribution in [3.05, 3.63) is 18.1 Å². The van der Waals surface area contributed by atoms with Gasteiger partial charge in [-0.3, -0.25) is 0 Å². The highest BCUT2D eigenvalue weighted by Gasteiger charge is 2.29. The number of rotatable bonds is 3. The second kappa shape index (κ2) is 3.45. The molecule has 0 spiro atoms. The average molecular weight is 204 g/mol. The van der Waals surface area contributed by atoms with Crippen LogP contribution in [0.4, 0.5) is 5.82 Å². The van der Waals surface area contributed by atoms with Gasteiger partial charge in [0.2, 0.25) is 0 Å². The van der Waals surface area contributed by atoms with E-state index in [1.165, 1.54) is 18.5 Å². The van der Waals surface area contributed by atoms with Crippen molar-refractivity contribution >= 4 is 5.82 Å². The summed E-state index contributed by atoms with van der Waals surface area (Å²) in [6.45, 7) is 2.90. The van der Waals surface area contributed by atoms with E-state index in [0.717, 1.165) is 25.5 Å². The summed E-state index contributed by atoms with van der Waals surface area (Å²) in [6, 6.07) is 2.14. The quantitative estimate of drug-likeness (QED) is 0.789. The topological polar surface area (TPSA) is 55.0 Å². The molecule has 1 saturated carbocycles. The maximum atomic E-state index is 5.60. The number of hydrogen-bond acceptors (Lipinski definition) is 4. The number of nitrogens with zero attached hydrogens (tertiary/aromatic N) is 3. The molecule has 1 saturated heterocycles. The smallest absolute Gasteiger partial charge is 0.132 e. The highest BCUT2D eigenvalue weighted by molar-refractivity contribution is 5.43. The standard InChI is InChI=1S/C11H16N4/c12-4-8-5-15(6-8)11-3-10(9-1-2-9)13-7-14-11/h3,7-9H,1-2,4-6,12H2. The lowest BCUT2D eigenvalue weighted by molar-refractivity contribution is 0.416. The van der Waals surface area contributed by atoms with Crippen LogP contribution in [-0.4, -0.2) is 29.6 Å². The third kappa shape index (κ3) is 1.69. The number of anilines is 1. The van der Waals surface area contributed by atoms with Gasteiger partial charge in [0.1, 0.15) is 12.1 Å². The van der Waals surface area contributed by atoms with E-state index in [0.29, 0.717) is 11.8 Å². The number of aromatic nitrogens is 2. The molecule has 3 rings (SSSR count). The van der Waals surface area contributed by atoms with E-state index in [2.05, 4.69) is 20.9 Å². The van der Waals surface area contributed by atoms with E-state index in [4.69, 9.17) is 5.73 Å². The maximum Gasteiger partial charge on any atom is 0.132 e. The summed E-state index contributed by atoms with van der Waals surface area (Å²) in [6.07, 6.45) is 4.28. The van der Waals surface area contributed by atoms with Crippen LogP contribution in [0.2, 0.25) is 0 Å². The Morgan fingerprint density at radius 1 is 1.33 bits per heavy atom. The molecule has 1 aliphatic carbocycles. The lowest BCUT2D eigenvalue weighted by Gasteiger charge is -2.39. The highest BCUT2D eigenvalue weighted by atomic mass is 15.2. The van der Waals surface area contributed by atoms with Crippen molar-refractivity contribution in [2.24, 2.45) is 11.7 Å². The van der Waals surface area contributed by atoms with Crippen molar-refractivity contribution < 1.29 is 0 Å². The zero-order chi connectivity index (χ0) is 10.3. The summed E-state index contributed by atoms with van der Waals surface area (Å²) in [4.78, 5) is 10.9. The SMILES string of the molecule is NCC1CN(c2cc(C3CC3)ncn2)C1. The molecule has 0 aromatic carbocycles. The van der Waals surface area contributed by atoms with E-state index in [1.54, 1.807) is 6.33 Å². The molecule has 80 valence electrons. The van der Waals surface area contributed by atoms with Crippen LogP contribution in [0.3, 0.4) is 0 Å². The van der Waals surface area contributed by atoms with Crippen LogP contribution >= 0.6 is 0 Å². The lowest BCUT2D eigenvalue weighted by atomic mass is 10.0. The monoisotopic (exact) mass is 204 g/mol. The molecule has 2 N–H and O–H groups in total. The molecule has 0 bridgehead atoms. The zero-order valence-electron chi connectivity index (χ0n) is 8.76. The molecule has 2 fully saturated rings. The van der Waals surface area contributed by atoms with E-state index >= 15 is 0 Å². The van der Waals surface area contributed by atoms with Crippen molar-refractivity contribution in [3.8, 4) is 0 Å². The molecule has 1 aromatic heterocycles. The molecular formula is C11H16N4. The van der Waals surface area contributed by atoms with Gasteiger partial charge in [0, 0.05) is 36.7 Å². The molecule has 2 aliphatic rings. The van der Waals surface area contributed by atoms with Crippen molar-refractivity contribution in [1.29, 1.82) is 0 Å². The second-order valence-electron chi connectivity index (χ2n) is 4.58. The summed E-state index contributed by atoms with van der Waals surface area (Å²) in [5.74, 6) is 2.44. The Labute approximate surface area is 89.5 Å². The molecule has 0 amide bonds. The summed E-state index contributed by atoms with van der Waals surface area (Å²) in [5, 5.41) is 0. The molecule has 0 atom stereocenters. The van der Waals surface area contributed by atoms with Gasteiger partial charge < -0.3 is 10.6 Å². The van der Waals surface area contributed by atoms with Crippen molar-refractivity contribution in [2.45, 2.75) is 18.8 Å². The summed E-state index contributed by atoms with van der Waals surface area (Å²) >= 11 is 0. The normalized spacial score (nSPS) is 21.5. The highest BCUT2D eigenvalue weighted by Crippen LogP contribution is 2.39. The first-order valence-corrected chi connectivity index (χ1v) is 5.64. The fourth-order valence-corrected chi connectivity index (χ4v) is 2.04. The van der Waals surface area contributed by atoms with Crippen molar-refractivity contribution in [3.63, 3.8) is 0 Å². The summed E-state index contributed by atoms with van der Waals surface area (Å²) in [7, 11) is 0. The van der Waals surface area contributed by atoms with Crippen molar-refractivity contribution in [1.82, 2.24) is 9.97 Å². The molecular weight excluding hydrogens is 188 g/mol. The lowest BCUT2D eigenvalue weighted by Crippen LogP contribution is -2.50. The van der Waals surface area contributed by atoms with Crippen LogP contribution in [0, 0.1) is 5.92 Å². The molecule has 1 aliphatic heterocycles. The predicted octanol–water partition coefficient (Wildman–Crippen LogP) is 0.749. The first-order valence-electron chi connectivity index (χ1n) is 5.64. The van der Waals surface area contributed by atoms with Gasteiger partial charge >= 0.3 is 0 Å². The Bertz CT molecular complexity index is 355. The summed E-state index contributed by atoms with van der Waals surface area (Å²) in [5.41, 5.74) is 6.82. The molecule has 2 heterocycles. The number of nitrogens with two attached hydrogens (primary N) is 1. The zero-order valence-corrected chi connectivity index (χ0v) is 8.76. The van der Waals surface area contributed by atoms with Crippen LogP contribution < -0.4 is 10.6 Å². The molecule has 0 unspecified atom stereocenters. The van der Waals surface area contributed by atoms with Crippen LogP contribution in [0.1, 0.15) is 24.5 Å². The van der Waals surface area contributed by atoms with Gasteiger partial charge in [-0.1, -0.05) is 0 Å². The Kier molecular flexibility index (Phi) is 2.09. The largest absolute Gasteiger partial charge is 0.356 e. The molecule has 0 radical (unpaired) electrons. The third-order valence-corrected chi connectivity index (χ3v) is 3.28. The minimum Gasteiger partial charge on any atom is -0.356 e. The van der Waals surface area contributed by atoms with Crippen LogP contribution in [-0.2, 0) is 0 Å². The van der Waals surface area contributed by atoms with E-state index in [9.17, 15) is 0 Å². The maximum absolute atomic E-state index is 5.60. The predicted molar refractivity (Wildman–Crippen MR) is 58.8 cm³/mol. The van der Waals surface area contributed by atoms with E-state index < -0.39 is 0 Å². The molecule has 4 heteroatoms. The Balaban J connectivity index is 1.72. The van der Waals surface area contributed by atoms with Gasteiger partial charge in [0.15, 0.2) is 0 Å². The van der Waals surface area contributed by atoms with Gasteiger partial charge in [-0.25, -0.2) is 9.97 Å². The average Bonchev–Trinajstić information content (AvgIpc) is 3.00. The van der Waals surface area contributed by atoms with Crippen LogP contribution in [0.5, 0.6) is 0 Å². The minimum atomic E-state index is 0.657. The minimum absolute atomic E-state index is 0.657. The van der Waals surface area contributed by atoms with Crippen molar-refractivity contribution in [2.75, 3.05) is 24.5 Å². The molecule has 4 nitrogen and oxygen atoms in total. The molecule has 15 heavy (non-hydrogen) atoms. The van der Waals surface area contributed by atoms with Gasteiger partial charge in [0.05, 0.1) is 0 Å².